The van der Waals surface area contributed by atoms with Crippen LogP contribution in [0.4, 0.5) is 5.69 Å². The summed E-state index contributed by atoms with van der Waals surface area (Å²) in [6.07, 6.45) is 0. The van der Waals surface area contributed by atoms with Gasteiger partial charge in [0.1, 0.15) is 5.75 Å². The Hall–Kier alpha value is -0.710. The second-order valence-corrected chi connectivity index (χ2v) is 6.07. The van der Waals surface area contributed by atoms with Crippen molar-refractivity contribution in [2.45, 2.75) is 6.54 Å². The molecule has 19 heavy (non-hydrogen) atoms. The van der Waals surface area contributed by atoms with Crippen LogP contribution in [-0.2, 0) is 6.54 Å². The maximum atomic E-state index is 5.96. The molecule has 0 aromatic heterocycles. The van der Waals surface area contributed by atoms with Gasteiger partial charge in [0.25, 0.3) is 0 Å². The van der Waals surface area contributed by atoms with E-state index in [0.717, 1.165) is 37.5 Å². The van der Waals surface area contributed by atoms with Crippen LogP contribution in [0.1, 0.15) is 5.56 Å². The normalized spacial score (nSPS) is 10.3. The van der Waals surface area contributed by atoms with E-state index in [0.29, 0.717) is 0 Å². The van der Waals surface area contributed by atoms with E-state index in [1.54, 1.807) is 7.11 Å². The van der Waals surface area contributed by atoms with Crippen LogP contribution in [0.2, 0.25) is 5.02 Å². The highest BCUT2D eigenvalue weighted by Gasteiger charge is 2.02. The Morgan fingerprint density at radius 2 is 1.89 bits per heavy atom. The Morgan fingerprint density at radius 3 is 2.53 bits per heavy atom. The molecule has 0 radical (unpaired) electrons. The molecule has 2 nitrogen and oxygen atoms in total. The van der Waals surface area contributed by atoms with Crippen molar-refractivity contribution in [3.05, 3.63) is 55.9 Å². The van der Waals surface area contributed by atoms with E-state index in [4.69, 9.17) is 16.3 Å². The second kappa shape index (κ2) is 6.64. The Morgan fingerprint density at radius 1 is 1.11 bits per heavy atom. The fourth-order valence-electron chi connectivity index (χ4n) is 1.63. The lowest BCUT2D eigenvalue weighted by atomic mass is 10.2. The highest BCUT2D eigenvalue weighted by atomic mass is 79.9. The molecule has 2 aromatic carbocycles. The van der Waals surface area contributed by atoms with Gasteiger partial charge in [0, 0.05) is 16.7 Å². The topological polar surface area (TPSA) is 21.3 Å². The maximum Gasteiger partial charge on any atom is 0.133 e. The molecule has 0 spiro atoms. The SMILES string of the molecule is COc1ccc(NCc2ccc(Cl)c(Br)c2)cc1Br. The van der Waals surface area contributed by atoms with Crippen molar-refractivity contribution >= 4 is 49.1 Å². The number of halogens is 3. The number of methoxy groups -OCH3 is 1. The second-order valence-electron chi connectivity index (χ2n) is 3.95. The minimum absolute atomic E-state index is 0.718. The first-order chi connectivity index (χ1) is 9.10. The molecule has 0 aliphatic heterocycles. The van der Waals surface area contributed by atoms with Crippen LogP contribution >= 0.6 is 43.5 Å². The molecule has 0 heterocycles. The molecule has 2 aromatic rings. The Kier molecular flexibility index (Phi) is 5.13. The monoisotopic (exact) mass is 403 g/mol. The van der Waals surface area contributed by atoms with Gasteiger partial charge >= 0.3 is 0 Å². The first-order valence-electron chi connectivity index (χ1n) is 5.61. The zero-order valence-corrected chi connectivity index (χ0v) is 14.1. The standard InChI is InChI=1S/C14H12Br2ClNO/c1-19-14-5-3-10(7-12(14)16)18-8-9-2-4-13(17)11(15)6-9/h2-7,18H,8H2,1H3. The summed E-state index contributed by atoms with van der Waals surface area (Å²) in [5, 5.41) is 4.07. The van der Waals surface area contributed by atoms with Gasteiger partial charge in [-0.05, 0) is 67.8 Å². The minimum atomic E-state index is 0.718. The molecule has 0 fully saturated rings. The van der Waals surface area contributed by atoms with E-state index in [1.807, 2.05) is 36.4 Å². The molecule has 5 heteroatoms. The first kappa shape index (κ1) is 14.7. The van der Waals surface area contributed by atoms with Crippen LogP contribution in [0.5, 0.6) is 5.75 Å². The van der Waals surface area contributed by atoms with Crippen molar-refractivity contribution in [1.82, 2.24) is 0 Å². The summed E-state index contributed by atoms with van der Waals surface area (Å²) in [6.45, 7) is 0.731. The molecule has 0 saturated carbocycles. The summed E-state index contributed by atoms with van der Waals surface area (Å²) < 4.78 is 7.03. The van der Waals surface area contributed by atoms with Crippen molar-refractivity contribution in [3.8, 4) is 5.75 Å². The van der Waals surface area contributed by atoms with Crippen molar-refractivity contribution in [1.29, 1.82) is 0 Å². The highest BCUT2D eigenvalue weighted by molar-refractivity contribution is 9.10. The number of hydrogen-bond acceptors (Lipinski definition) is 2. The van der Waals surface area contributed by atoms with Gasteiger partial charge < -0.3 is 10.1 Å². The van der Waals surface area contributed by atoms with Crippen molar-refractivity contribution in [3.63, 3.8) is 0 Å². The van der Waals surface area contributed by atoms with Gasteiger partial charge in [-0.2, -0.15) is 0 Å². The third kappa shape index (κ3) is 3.88. The molecule has 0 unspecified atom stereocenters. The van der Waals surface area contributed by atoms with E-state index in [2.05, 4.69) is 37.2 Å². The lowest BCUT2D eigenvalue weighted by molar-refractivity contribution is 0.412. The Bertz CT molecular complexity index is 590. The van der Waals surface area contributed by atoms with E-state index >= 15 is 0 Å². The van der Waals surface area contributed by atoms with Gasteiger partial charge in [-0.1, -0.05) is 17.7 Å². The summed E-state index contributed by atoms with van der Waals surface area (Å²) in [7, 11) is 1.65. The lowest BCUT2D eigenvalue weighted by Gasteiger charge is -2.10. The summed E-state index contributed by atoms with van der Waals surface area (Å²) in [6, 6.07) is 11.8. The molecule has 0 saturated heterocycles. The fourth-order valence-corrected chi connectivity index (χ4v) is 2.71. The average Bonchev–Trinajstić information content (AvgIpc) is 2.40. The molecule has 1 N–H and O–H groups in total. The van der Waals surface area contributed by atoms with Crippen molar-refractivity contribution in [2.24, 2.45) is 0 Å². The summed E-state index contributed by atoms with van der Waals surface area (Å²) in [5.41, 5.74) is 2.18. The number of ether oxygens (including phenoxy) is 1. The molecule has 0 atom stereocenters. The van der Waals surface area contributed by atoms with E-state index in [1.165, 1.54) is 0 Å². The summed E-state index contributed by atoms with van der Waals surface area (Å²) in [4.78, 5) is 0. The molecule has 2 rings (SSSR count). The summed E-state index contributed by atoms with van der Waals surface area (Å²) >= 11 is 12.8. The predicted octanol–water partition coefficient (Wildman–Crippen LogP) is 5.49. The molecule has 0 amide bonds. The predicted molar refractivity (Wildman–Crippen MR) is 87.2 cm³/mol. The smallest absolute Gasteiger partial charge is 0.133 e. The molecular formula is C14H12Br2ClNO. The van der Waals surface area contributed by atoms with Gasteiger partial charge in [0.15, 0.2) is 0 Å². The van der Waals surface area contributed by atoms with Crippen LogP contribution in [0.25, 0.3) is 0 Å². The van der Waals surface area contributed by atoms with Crippen LogP contribution in [-0.4, -0.2) is 7.11 Å². The summed E-state index contributed by atoms with van der Waals surface area (Å²) in [5.74, 6) is 0.819. The fraction of sp³-hybridized carbons (Fsp3) is 0.143. The van der Waals surface area contributed by atoms with Gasteiger partial charge in [-0.25, -0.2) is 0 Å². The molecular weight excluding hydrogens is 393 g/mol. The van der Waals surface area contributed by atoms with Gasteiger partial charge in [-0.15, -0.1) is 0 Å². The number of nitrogens with one attached hydrogen (secondary N) is 1. The van der Waals surface area contributed by atoms with Crippen molar-refractivity contribution < 1.29 is 4.74 Å². The van der Waals surface area contributed by atoms with Crippen LogP contribution < -0.4 is 10.1 Å². The van der Waals surface area contributed by atoms with Gasteiger partial charge in [-0.3, -0.25) is 0 Å². The Balaban J connectivity index is 2.05. The molecule has 0 aliphatic rings. The number of rotatable bonds is 4. The zero-order chi connectivity index (χ0) is 13.8. The maximum absolute atomic E-state index is 5.96. The zero-order valence-electron chi connectivity index (χ0n) is 10.2. The van der Waals surface area contributed by atoms with Crippen LogP contribution in [0.3, 0.4) is 0 Å². The lowest BCUT2D eigenvalue weighted by Crippen LogP contribution is -1.99. The number of hydrogen-bond donors (Lipinski definition) is 1. The van der Waals surface area contributed by atoms with Gasteiger partial charge in [0.2, 0.25) is 0 Å². The van der Waals surface area contributed by atoms with E-state index in [-0.39, 0.29) is 0 Å². The Labute approximate surface area is 134 Å². The molecule has 100 valence electrons. The molecule has 0 aliphatic carbocycles. The first-order valence-corrected chi connectivity index (χ1v) is 7.58. The number of benzene rings is 2. The average molecular weight is 406 g/mol. The van der Waals surface area contributed by atoms with E-state index in [9.17, 15) is 0 Å². The van der Waals surface area contributed by atoms with Crippen molar-refractivity contribution in [2.75, 3.05) is 12.4 Å². The van der Waals surface area contributed by atoms with E-state index < -0.39 is 0 Å². The quantitative estimate of drug-likeness (QED) is 0.727. The largest absolute Gasteiger partial charge is 0.496 e. The van der Waals surface area contributed by atoms with Crippen LogP contribution in [0, 0.1) is 0 Å². The third-order valence-electron chi connectivity index (χ3n) is 2.63. The minimum Gasteiger partial charge on any atom is -0.496 e. The highest BCUT2D eigenvalue weighted by Crippen LogP contribution is 2.28. The number of anilines is 1. The molecule has 0 bridgehead atoms. The third-order valence-corrected chi connectivity index (χ3v) is 4.47. The van der Waals surface area contributed by atoms with Crippen LogP contribution in [0.15, 0.2) is 45.3 Å². The van der Waals surface area contributed by atoms with Gasteiger partial charge in [0.05, 0.1) is 16.6 Å².